The molecule has 1 aromatic rings. The third-order valence-corrected chi connectivity index (χ3v) is 2.25. The third-order valence-electron chi connectivity index (χ3n) is 1.93. The molecule has 1 aromatic carbocycles. The molecule has 0 unspecified atom stereocenters. The van der Waals surface area contributed by atoms with E-state index in [1.54, 1.807) is 6.92 Å². The lowest BCUT2D eigenvalue weighted by atomic mass is 10.1. The van der Waals surface area contributed by atoms with Crippen LogP contribution in [0.3, 0.4) is 0 Å². The van der Waals surface area contributed by atoms with E-state index in [9.17, 15) is 4.79 Å². The van der Waals surface area contributed by atoms with Crippen LogP contribution in [-0.2, 0) is 9.53 Å². The first-order chi connectivity index (χ1) is 7.15. The minimum Gasteiger partial charge on any atom is -0.463 e. The summed E-state index contributed by atoms with van der Waals surface area (Å²) < 4.78 is 4.77. The monoisotopic (exact) mass is 224 g/mol. The van der Waals surface area contributed by atoms with Crippen LogP contribution in [0.25, 0.3) is 5.03 Å². The van der Waals surface area contributed by atoms with Crippen LogP contribution in [0.1, 0.15) is 18.1 Å². The van der Waals surface area contributed by atoms with Gasteiger partial charge < -0.3 is 4.74 Å². The molecule has 0 aliphatic carbocycles. The zero-order chi connectivity index (χ0) is 11.3. The molecule has 0 spiro atoms. The maximum atomic E-state index is 11.2. The highest BCUT2D eigenvalue weighted by Gasteiger charge is 2.04. The second-order valence-electron chi connectivity index (χ2n) is 3.06. The zero-order valence-corrected chi connectivity index (χ0v) is 9.54. The first kappa shape index (κ1) is 11.8. The number of aryl methyl sites for hydroxylation is 1. The number of esters is 1. The number of benzene rings is 1. The Morgan fingerprint density at radius 2 is 2.13 bits per heavy atom. The van der Waals surface area contributed by atoms with Crippen molar-refractivity contribution in [3.05, 3.63) is 41.5 Å². The first-order valence-corrected chi connectivity index (χ1v) is 5.13. The van der Waals surface area contributed by atoms with Crippen molar-refractivity contribution in [2.24, 2.45) is 0 Å². The standard InChI is InChI=1S/C12H13ClO2/c1-3-15-12(14)8-11(13)10-7-5-4-6-9(10)2/h4-8H,3H2,1-2H3. The Morgan fingerprint density at radius 3 is 2.73 bits per heavy atom. The number of carbonyl (C=O) groups is 1. The van der Waals surface area contributed by atoms with E-state index < -0.39 is 5.97 Å². The average molecular weight is 225 g/mol. The van der Waals surface area contributed by atoms with Crippen LogP contribution < -0.4 is 0 Å². The van der Waals surface area contributed by atoms with Crippen LogP contribution in [0.5, 0.6) is 0 Å². The fourth-order valence-corrected chi connectivity index (χ4v) is 1.51. The van der Waals surface area contributed by atoms with E-state index in [4.69, 9.17) is 16.3 Å². The summed E-state index contributed by atoms with van der Waals surface area (Å²) in [5.74, 6) is -0.411. The molecule has 0 aliphatic rings. The number of carbonyl (C=O) groups excluding carboxylic acids is 1. The fraction of sp³-hybridized carbons (Fsp3) is 0.250. The molecule has 80 valence electrons. The lowest BCUT2D eigenvalue weighted by Gasteiger charge is -2.03. The van der Waals surface area contributed by atoms with Gasteiger partial charge in [0, 0.05) is 6.08 Å². The summed E-state index contributed by atoms with van der Waals surface area (Å²) in [5, 5.41) is 0.409. The van der Waals surface area contributed by atoms with E-state index in [0.717, 1.165) is 11.1 Å². The second-order valence-corrected chi connectivity index (χ2v) is 3.47. The van der Waals surface area contributed by atoms with Crippen molar-refractivity contribution in [2.75, 3.05) is 6.61 Å². The molecular weight excluding hydrogens is 212 g/mol. The molecule has 3 heteroatoms. The molecule has 0 heterocycles. The van der Waals surface area contributed by atoms with E-state index in [1.165, 1.54) is 6.08 Å². The van der Waals surface area contributed by atoms with Gasteiger partial charge in [0.25, 0.3) is 0 Å². The summed E-state index contributed by atoms with van der Waals surface area (Å²) in [7, 11) is 0. The number of halogens is 1. The highest BCUT2D eigenvalue weighted by molar-refractivity contribution is 6.50. The van der Waals surface area contributed by atoms with Gasteiger partial charge in [-0.05, 0) is 25.0 Å². The SMILES string of the molecule is CCOC(=O)C=C(Cl)c1ccccc1C. The molecule has 0 N–H and O–H groups in total. The molecule has 2 nitrogen and oxygen atoms in total. The minimum atomic E-state index is -0.411. The lowest BCUT2D eigenvalue weighted by Crippen LogP contribution is -2.00. The van der Waals surface area contributed by atoms with Gasteiger partial charge in [0.2, 0.25) is 0 Å². The first-order valence-electron chi connectivity index (χ1n) is 4.75. The van der Waals surface area contributed by atoms with Gasteiger partial charge in [0.1, 0.15) is 0 Å². The van der Waals surface area contributed by atoms with Crippen molar-refractivity contribution in [3.63, 3.8) is 0 Å². The summed E-state index contributed by atoms with van der Waals surface area (Å²) in [6.07, 6.45) is 1.30. The number of hydrogen-bond donors (Lipinski definition) is 0. The Balaban J connectivity index is 2.89. The summed E-state index contributed by atoms with van der Waals surface area (Å²) >= 11 is 6.00. The molecular formula is C12H13ClO2. The van der Waals surface area contributed by atoms with Gasteiger partial charge in [-0.1, -0.05) is 35.9 Å². The summed E-state index contributed by atoms with van der Waals surface area (Å²) in [6, 6.07) is 7.61. The number of ether oxygens (including phenoxy) is 1. The molecule has 0 amide bonds. The van der Waals surface area contributed by atoms with Crippen molar-refractivity contribution >= 4 is 22.6 Å². The highest BCUT2D eigenvalue weighted by Crippen LogP contribution is 2.21. The normalized spacial score (nSPS) is 11.3. The lowest BCUT2D eigenvalue weighted by molar-refractivity contribution is -0.137. The van der Waals surface area contributed by atoms with Gasteiger partial charge in [-0.15, -0.1) is 0 Å². The Kier molecular flexibility index (Phi) is 4.37. The molecule has 15 heavy (non-hydrogen) atoms. The van der Waals surface area contributed by atoms with Crippen molar-refractivity contribution in [2.45, 2.75) is 13.8 Å². The molecule has 1 rings (SSSR count). The Labute approximate surface area is 94.5 Å². The van der Waals surface area contributed by atoms with E-state index in [1.807, 2.05) is 31.2 Å². The van der Waals surface area contributed by atoms with Gasteiger partial charge in [0.15, 0.2) is 0 Å². The summed E-state index contributed by atoms with van der Waals surface area (Å²) in [5.41, 5.74) is 1.88. The topological polar surface area (TPSA) is 26.3 Å². The van der Waals surface area contributed by atoms with E-state index in [0.29, 0.717) is 11.6 Å². The average Bonchev–Trinajstić information content (AvgIpc) is 2.18. The van der Waals surface area contributed by atoms with E-state index >= 15 is 0 Å². The van der Waals surface area contributed by atoms with E-state index in [2.05, 4.69) is 0 Å². The minimum absolute atomic E-state index is 0.354. The van der Waals surface area contributed by atoms with Gasteiger partial charge in [-0.2, -0.15) is 0 Å². The molecule has 0 atom stereocenters. The van der Waals surface area contributed by atoms with Crippen LogP contribution in [-0.4, -0.2) is 12.6 Å². The third kappa shape index (κ3) is 3.40. The summed E-state index contributed by atoms with van der Waals surface area (Å²) in [6.45, 7) is 4.05. The van der Waals surface area contributed by atoms with Crippen LogP contribution in [0.2, 0.25) is 0 Å². The smallest absolute Gasteiger partial charge is 0.332 e. The maximum absolute atomic E-state index is 11.2. The summed E-state index contributed by atoms with van der Waals surface area (Å²) in [4.78, 5) is 11.2. The molecule has 0 fully saturated rings. The second kappa shape index (κ2) is 5.56. The van der Waals surface area contributed by atoms with Gasteiger partial charge in [0.05, 0.1) is 11.6 Å². The molecule has 0 radical (unpaired) electrons. The van der Waals surface area contributed by atoms with E-state index in [-0.39, 0.29) is 0 Å². The number of rotatable bonds is 3. The van der Waals surface area contributed by atoms with Gasteiger partial charge >= 0.3 is 5.97 Å². The van der Waals surface area contributed by atoms with Crippen molar-refractivity contribution in [3.8, 4) is 0 Å². The Bertz CT molecular complexity index is 383. The van der Waals surface area contributed by atoms with Crippen LogP contribution in [0.15, 0.2) is 30.3 Å². The fourth-order valence-electron chi connectivity index (χ4n) is 1.21. The van der Waals surface area contributed by atoms with Crippen molar-refractivity contribution in [1.29, 1.82) is 0 Å². The van der Waals surface area contributed by atoms with Crippen LogP contribution in [0, 0.1) is 6.92 Å². The van der Waals surface area contributed by atoms with Crippen LogP contribution in [0.4, 0.5) is 0 Å². The van der Waals surface area contributed by atoms with Gasteiger partial charge in [-0.25, -0.2) is 4.79 Å². The highest BCUT2D eigenvalue weighted by atomic mass is 35.5. The predicted molar refractivity (Wildman–Crippen MR) is 61.6 cm³/mol. The molecule has 0 aromatic heterocycles. The predicted octanol–water partition coefficient (Wildman–Crippen LogP) is 3.14. The zero-order valence-electron chi connectivity index (χ0n) is 8.79. The van der Waals surface area contributed by atoms with Gasteiger partial charge in [-0.3, -0.25) is 0 Å². The van der Waals surface area contributed by atoms with Crippen molar-refractivity contribution < 1.29 is 9.53 Å². The van der Waals surface area contributed by atoms with Crippen LogP contribution >= 0.6 is 11.6 Å². The molecule has 0 saturated heterocycles. The maximum Gasteiger partial charge on any atom is 0.332 e. The Hall–Kier alpha value is -1.28. The molecule has 0 bridgehead atoms. The number of hydrogen-bond acceptors (Lipinski definition) is 2. The van der Waals surface area contributed by atoms with Crippen molar-refractivity contribution in [1.82, 2.24) is 0 Å². The molecule has 0 saturated carbocycles. The largest absolute Gasteiger partial charge is 0.463 e. The Morgan fingerprint density at radius 1 is 1.47 bits per heavy atom. The quantitative estimate of drug-likeness (QED) is 0.583. The molecule has 0 aliphatic heterocycles.